The Morgan fingerprint density at radius 2 is 1.58 bits per heavy atom. The number of amides is 1. The van der Waals surface area contributed by atoms with E-state index in [4.69, 9.17) is 14.5 Å². The van der Waals surface area contributed by atoms with E-state index in [-0.39, 0.29) is 11.9 Å². The van der Waals surface area contributed by atoms with Crippen molar-refractivity contribution in [2.24, 2.45) is 5.92 Å². The lowest BCUT2D eigenvalue weighted by molar-refractivity contribution is 0.0924. The maximum Gasteiger partial charge on any atom is 0.270 e. The Kier molecular flexibility index (Phi) is 7.78. The molecule has 6 nitrogen and oxygen atoms in total. The number of nitrogens with one attached hydrogen (secondary N) is 1. The van der Waals surface area contributed by atoms with Gasteiger partial charge < -0.3 is 19.4 Å². The number of rotatable bonds is 9. The van der Waals surface area contributed by atoms with Crippen LogP contribution < -0.4 is 14.8 Å². The maximum atomic E-state index is 14.2. The van der Waals surface area contributed by atoms with Gasteiger partial charge in [-0.05, 0) is 49.4 Å². The predicted octanol–water partition coefficient (Wildman–Crippen LogP) is 6.92. The van der Waals surface area contributed by atoms with Gasteiger partial charge >= 0.3 is 0 Å². The van der Waals surface area contributed by atoms with E-state index >= 15 is 0 Å². The van der Waals surface area contributed by atoms with E-state index in [0.29, 0.717) is 48.6 Å². The molecule has 0 spiro atoms. The standard InChI is InChI=1S/C32H35N3O3/c1-4-35-30(32(36)33-26(17-15-22(2)3)23-11-7-5-8-12-23)29(34-31(35)24-13-9-6-10-14-24)25-16-18-27-28(21-25)38-20-19-37-27/h5-14,16,18,21-22,26H,4,15,17,19-20H2,1-3H3,(H,33,36). The van der Waals surface area contributed by atoms with Crippen LogP contribution >= 0.6 is 0 Å². The van der Waals surface area contributed by atoms with Crippen molar-refractivity contribution in [1.29, 1.82) is 0 Å². The highest BCUT2D eigenvalue weighted by Gasteiger charge is 2.27. The lowest BCUT2D eigenvalue weighted by Gasteiger charge is -2.21. The average Bonchev–Trinajstić information content (AvgIpc) is 3.35. The molecule has 2 heterocycles. The van der Waals surface area contributed by atoms with Gasteiger partial charge in [-0.2, -0.15) is 0 Å². The number of nitrogens with zero attached hydrogens (tertiary/aromatic N) is 2. The topological polar surface area (TPSA) is 65.4 Å². The van der Waals surface area contributed by atoms with Gasteiger partial charge in [0.15, 0.2) is 11.5 Å². The van der Waals surface area contributed by atoms with Crippen LogP contribution in [-0.2, 0) is 6.54 Å². The highest BCUT2D eigenvalue weighted by Crippen LogP contribution is 2.37. The van der Waals surface area contributed by atoms with Crippen molar-refractivity contribution in [2.75, 3.05) is 13.2 Å². The summed E-state index contributed by atoms with van der Waals surface area (Å²) in [6.45, 7) is 8.10. The van der Waals surface area contributed by atoms with Gasteiger partial charge in [0.1, 0.15) is 30.4 Å². The van der Waals surface area contributed by atoms with Crippen LogP contribution in [0.5, 0.6) is 11.5 Å². The normalized spacial score (nSPS) is 13.4. The number of aromatic nitrogens is 2. The molecule has 0 saturated carbocycles. The largest absolute Gasteiger partial charge is 0.486 e. The average molecular weight is 510 g/mol. The van der Waals surface area contributed by atoms with E-state index in [2.05, 4.69) is 31.3 Å². The second kappa shape index (κ2) is 11.5. The zero-order valence-electron chi connectivity index (χ0n) is 22.3. The summed E-state index contributed by atoms with van der Waals surface area (Å²) in [5, 5.41) is 3.36. The first-order chi connectivity index (χ1) is 18.5. The second-order valence-electron chi connectivity index (χ2n) is 10.0. The summed E-state index contributed by atoms with van der Waals surface area (Å²) < 4.78 is 13.6. The molecule has 0 aliphatic carbocycles. The number of ether oxygens (including phenoxy) is 2. The van der Waals surface area contributed by atoms with E-state index in [1.54, 1.807) is 0 Å². The molecule has 6 heteroatoms. The molecule has 196 valence electrons. The molecule has 1 unspecified atom stereocenters. The van der Waals surface area contributed by atoms with Gasteiger partial charge in [0.2, 0.25) is 0 Å². The molecule has 1 aromatic heterocycles. The first kappa shape index (κ1) is 25.6. The zero-order valence-corrected chi connectivity index (χ0v) is 22.3. The third kappa shape index (κ3) is 5.44. The van der Waals surface area contributed by atoms with E-state index in [1.807, 2.05) is 78.2 Å². The predicted molar refractivity (Wildman–Crippen MR) is 150 cm³/mol. The van der Waals surface area contributed by atoms with Gasteiger partial charge in [0, 0.05) is 17.7 Å². The van der Waals surface area contributed by atoms with Crippen molar-refractivity contribution in [3.63, 3.8) is 0 Å². The lowest BCUT2D eigenvalue weighted by atomic mass is 9.97. The Bertz CT molecular complexity index is 1380. The quantitative estimate of drug-likeness (QED) is 0.266. The van der Waals surface area contributed by atoms with Crippen LogP contribution in [0.25, 0.3) is 22.6 Å². The Hall–Kier alpha value is -4.06. The summed E-state index contributed by atoms with van der Waals surface area (Å²) >= 11 is 0. The molecule has 1 atom stereocenters. The molecule has 1 amide bonds. The summed E-state index contributed by atoms with van der Waals surface area (Å²) in [6, 6.07) is 25.9. The number of hydrogen-bond acceptors (Lipinski definition) is 4. The zero-order chi connectivity index (χ0) is 26.5. The first-order valence-corrected chi connectivity index (χ1v) is 13.5. The summed E-state index contributed by atoms with van der Waals surface area (Å²) in [5.74, 6) is 2.55. The number of hydrogen-bond donors (Lipinski definition) is 1. The maximum absolute atomic E-state index is 14.2. The summed E-state index contributed by atoms with van der Waals surface area (Å²) in [5.41, 5.74) is 4.08. The Morgan fingerprint density at radius 3 is 2.26 bits per heavy atom. The number of fused-ring (bicyclic) bond motifs is 1. The van der Waals surface area contributed by atoms with Gasteiger partial charge in [-0.25, -0.2) is 4.98 Å². The molecule has 38 heavy (non-hydrogen) atoms. The number of benzene rings is 3. The number of imidazole rings is 1. The molecule has 4 aromatic rings. The van der Waals surface area contributed by atoms with Crippen molar-refractivity contribution in [2.45, 2.75) is 46.2 Å². The minimum absolute atomic E-state index is 0.0976. The van der Waals surface area contributed by atoms with Gasteiger partial charge in [0.05, 0.1) is 6.04 Å². The third-order valence-electron chi connectivity index (χ3n) is 6.89. The van der Waals surface area contributed by atoms with E-state index in [1.165, 1.54) is 0 Å². The molecule has 1 N–H and O–H groups in total. The molecule has 0 fully saturated rings. The molecule has 0 bridgehead atoms. The van der Waals surface area contributed by atoms with Crippen LogP contribution in [0.1, 0.15) is 55.7 Å². The second-order valence-corrected chi connectivity index (χ2v) is 10.0. The minimum atomic E-state index is -0.135. The first-order valence-electron chi connectivity index (χ1n) is 13.5. The van der Waals surface area contributed by atoms with Crippen molar-refractivity contribution in [1.82, 2.24) is 14.9 Å². The van der Waals surface area contributed by atoms with E-state index in [9.17, 15) is 4.79 Å². The Balaban J connectivity index is 1.59. The molecule has 3 aromatic carbocycles. The monoisotopic (exact) mass is 509 g/mol. The SMILES string of the molecule is CCn1c(-c2ccccc2)nc(-c2ccc3c(c2)OCCO3)c1C(=O)NC(CCC(C)C)c1ccccc1. The van der Waals surface area contributed by atoms with Crippen LogP contribution in [0.2, 0.25) is 0 Å². The summed E-state index contributed by atoms with van der Waals surface area (Å²) in [7, 11) is 0. The minimum Gasteiger partial charge on any atom is -0.486 e. The van der Waals surface area contributed by atoms with Crippen molar-refractivity contribution in [3.05, 3.63) is 90.1 Å². The molecule has 1 aliphatic rings. The van der Waals surface area contributed by atoms with Gasteiger partial charge in [0.25, 0.3) is 5.91 Å². The van der Waals surface area contributed by atoms with Crippen molar-refractivity contribution >= 4 is 5.91 Å². The highest BCUT2D eigenvalue weighted by molar-refractivity contribution is 6.00. The van der Waals surface area contributed by atoms with E-state index < -0.39 is 0 Å². The van der Waals surface area contributed by atoms with E-state index in [0.717, 1.165) is 35.4 Å². The van der Waals surface area contributed by atoms with Crippen LogP contribution in [0.3, 0.4) is 0 Å². The summed E-state index contributed by atoms with van der Waals surface area (Å²) in [6.07, 6.45) is 1.87. The van der Waals surface area contributed by atoms with Crippen LogP contribution in [0.4, 0.5) is 0 Å². The highest BCUT2D eigenvalue weighted by atomic mass is 16.6. The molecule has 0 saturated heterocycles. The molecule has 1 aliphatic heterocycles. The third-order valence-corrected chi connectivity index (χ3v) is 6.89. The smallest absolute Gasteiger partial charge is 0.270 e. The Labute approximate surface area is 224 Å². The fourth-order valence-electron chi connectivity index (χ4n) is 4.92. The fraction of sp³-hybridized carbons (Fsp3) is 0.312. The molecule has 0 radical (unpaired) electrons. The van der Waals surface area contributed by atoms with Crippen molar-refractivity contribution < 1.29 is 14.3 Å². The molecular weight excluding hydrogens is 474 g/mol. The number of carbonyl (C=O) groups excluding carboxylic acids is 1. The van der Waals surface area contributed by atoms with Crippen molar-refractivity contribution in [3.8, 4) is 34.1 Å². The van der Waals surface area contributed by atoms with Gasteiger partial charge in [-0.15, -0.1) is 0 Å². The Morgan fingerprint density at radius 1 is 0.895 bits per heavy atom. The summed E-state index contributed by atoms with van der Waals surface area (Å²) in [4.78, 5) is 19.2. The van der Waals surface area contributed by atoms with Gasteiger partial charge in [-0.3, -0.25) is 4.79 Å². The van der Waals surface area contributed by atoms with Gasteiger partial charge in [-0.1, -0.05) is 74.5 Å². The molecule has 5 rings (SSSR count). The molecular formula is C32H35N3O3. The van der Waals surface area contributed by atoms with Crippen LogP contribution in [-0.4, -0.2) is 28.7 Å². The van der Waals surface area contributed by atoms with Crippen LogP contribution in [0, 0.1) is 5.92 Å². The number of carbonyl (C=O) groups is 1. The van der Waals surface area contributed by atoms with Crippen LogP contribution in [0.15, 0.2) is 78.9 Å². The lowest BCUT2D eigenvalue weighted by Crippen LogP contribution is -2.31. The fourth-order valence-corrected chi connectivity index (χ4v) is 4.92.